The first-order chi connectivity index (χ1) is 9.81. The first kappa shape index (κ1) is 15.9. The number of nitrogen functional groups attached to an aromatic ring is 1. The van der Waals surface area contributed by atoms with Crippen LogP contribution in [0.5, 0.6) is 0 Å². The Labute approximate surface area is 132 Å². The summed E-state index contributed by atoms with van der Waals surface area (Å²) in [5.41, 5.74) is 6.99. The summed E-state index contributed by atoms with van der Waals surface area (Å²) in [7, 11) is -3.62. The van der Waals surface area contributed by atoms with Gasteiger partial charge in [-0.25, -0.2) is 18.1 Å². The molecule has 0 aliphatic heterocycles. The zero-order valence-corrected chi connectivity index (χ0v) is 14.1. The SMILES string of the molecule is CC(C)NS(=O)(=O)c1ccccc1-c1cc(Br)cnc1N. The largest absolute Gasteiger partial charge is 0.383 e. The summed E-state index contributed by atoms with van der Waals surface area (Å²) in [6.07, 6.45) is 1.57. The minimum Gasteiger partial charge on any atom is -0.383 e. The molecule has 1 aromatic carbocycles. The van der Waals surface area contributed by atoms with Crippen molar-refractivity contribution in [2.45, 2.75) is 24.8 Å². The van der Waals surface area contributed by atoms with Gasteiger partial charge in [0.2, 0.25) is 10.0 Å². The van der Waals surface area contributed by atoms with E-state index in [4.69, 9.17) is 5.73 Å². The smallest absolute Gasteiger partial charge is 0.241 e. The van der Waals surface area contributed by atoms with Crippen LogP contribution in [0.2, 0.25) is 0 Å². The van der Waals surface area contributed by atoms with Crippen molar-refractivity contribution >= 4 is 31.8 Å². The van der Waals surface area contributed by atoms with E-state index in [0.29, 0.717) is 11.1 Å². The van der Waals surface area contributed by atoms with Crippen molar-refractivity contribution in [2.75, 3.05) is 5.73 Å². The second-order valence-corrected chi connectivity index (χ2v) is 7.46. The number of anilines is 1. The van der Waals surface area contributed by atoms with Gasteiger partial charge >= 0.3 is 0 Å². The van der Waals surface area contributed by atoms with E-state index in [-0.39, 0.29) is 16.8 Å². The summed E-state index contributed by atoms with van der Waals surface area (Å²) >= 11 is 3.33. The molecule has 0 amide bonds. The van der Waals surface area contributed by atoms with Crippen molar-refractivity contribution in [1.82, 2.24) is 9.71 Å². The molecule has 2 rings (SSSR count). The lowest BCUT2D eigenvalue weighted by Crippen LogP contribution is -2.30. The molecule has 1 aromatic heterocycles. The molecule has 0 aliphatic rings. The maximum Gasteiger partial charge on any atom is 0.241 e. The predicted octanol–water partition coefficient (Wildman–Crippen LogP) is 2.78. The lowest BCUT2D eigenvalue weighted by atomic mass is 10.1. The van der Waals surface area contributed by atoms with Crippen molar-refractivity contribution in [3.63, 3.8) is 0 Å². The number of rotatable bonds is 4. The third kappa shape index (κ3) is 3.61. The van der Waals surface area contributed by atoms with Crippen LogP contribution < -0.4 is 10.5 Å². The third-order valence-electron chi connectivity index (χ3n) is 2.74. The van der Waals surface area contributed by atoms with Crippen molar-refractivity contribution in [2.24, 2.45) is 0 Å². The Kier molecular flexibility index (Phi) is 4.65. The Hall–Kier alpha value is -1.44. The van der Waals surface area contributed by atoms with Crippen LogP contribution in [0.4, 0.5) is 5.82 Å². The molecule has 2 aromatic rings. The minimum absolute atomic E-state index is 0.185. The number of pyridine rings is 1. The highest BCUT2D eigenvalue weighted by Crippen LogP contribution is 2.32. The van der Waals surface area contributed by atoms with Gasteiger partial charge in [0.15, 0.2) is 0 Å². The molecular formula is C14H16BrN3O2S. The van der Waals surface area contributed by atoms with E-state index in [1.54, 1.807) is 50.4 Å². The summed E-state index contributed by atoms with van der Waals surface area (Å²) in [6.45, 7) is 3.55. The summed E-state index contributed by atoms with van der Waals surface area (Å²) in [5.74, 6) is 0.283. The maximum atomic E-state index is 12.4. The molecule has 0 bridgehead atoms. The zero-order valence-electron chi connectivity index (χ0n) is 11.7. The van der Waals surface area contributed by atoms with Gasteiger partial charge in [0.1, 0.15) is 5.82 Å². The van der Waals surface area contributed by atoms with E-state index in [2.05, 4.69) is 25.6 Å². The number of aromatic nitrogens is 1. The number of nitrogens with two attached hydrogens (primary N) is 1. The Morgan fingerprint density at radius 3 is 2.57 bits per heavy atom. The van der Waals surface area contributed by atoms with E-state index < -0.39 is 10.0 Å². The first-order valence-electron chi connectivity index (χ1n) is 6.34. The molecule has 0 saturated heterocycles. The van der Waals surface area contributed by atoms with E-state index in [1.807, 2.05) is 0 Å². The molecule has 0 radical (unpaired) electrons. The average Bonchev–Trinajstić information content (AvgIpc) is 2.40. The Morgan fingerprint density at radius 1 is 1.24 bits per heavy atom. The number of halogens is 1. The molecule has 0 atom stereocenters. The van der Waals surface area contributed by atoms with Gasteiger partial charge in [0, 0.05) is 27.8 Å². The maximum absolute atomic E-state index is 12.4. The fourth-order valence-corrected chi connectivity index (χ4v) is 3.77. The number of nitrogens with one attached hydrogen (secondary N) is 1. The molecule has 0 unspecified atom stereocenters. The Bertz CT molecular complexity index is 761. The van der Waals surface area contributed by atoms with Crippen molar-refractivity contribution in [3.8, 4) is 11.1 Å². The van der Waals surface area contributed by atoms with Crippen LogP contribution in [0.3, 0.4) is 0 Å². The average molecular weight is 370 g/mol. The topological polar surface area (TPSA) is 85.1 Å². The summed E-state index contributed by atoms with van der Waals surface area (Å²) in [4.78, 5) is 4.24. The highest BCUT2D eigenvalue weighted by molar-refractivity contribution is 9.10. The second kappa shape index (κ2) is 6.13. The zero-order chi connectivity index (χ0) is 15.6. The summed E-state index contributed by atoms with van der Waals surface area (Å²) in [6, 6.07) is 8.28. The number of hydrogen-bond acceptors (Lipinski definition) is 4. The highest BCUT2D eigenvalue weighted by Gasteiger charge is 2.21. The van der Waals surface area contributed by atoms with Gasteiger partial charge in [-0.2, -0.15) is 0 Å². The predicted molar refractivity (Wildman–Crippen MR) is 87.2 cm³/mol. The molecule has 1 heterocycles. The molecule has 3 N–H and O–H groups in total. The molecule has 112 valence electrons. The minimum atomic E-state index is -3.62. The van der Waals surface area contributed by atoms with Crippen molar-refractivity contribution < 1.29 is 8.42 Å². The quantitative estimate of drug-likeness (QED) is 0.867. The monoisotopic (exact) mass is 369 g/mol. The Balaban J connectivity index is 2.64. The van der Waals surface area contributed by atoms with E-state index >= 15 is 0 Å². The van der Waals surface area contributed by atoms with E-state index in [1.165, 1.54) is 0 Å². The number of hydrogen-bond donors (Lipinski definition) is 2. The third-order valence-corrected chi connectivity index (χ3v) is 4.89. The number of nitrogens with zero attached hydrogens (tertiary/aromatic N) is 1. The number of benzene rings is 1. The molecule has 0 saturated carbocycles. The van der Waals surface area contributed by atoms with Crippen molar-refractivity contribution in [3.05, 3.63) is 41.0 Å². The van der Waals surface area contributed by atoms with Gasteiger partial charge in [-0.1, -0.05) is 18.2 Å². The summed E-state index contributed by atoms with van der Waals surface area (Å²) < 4.78 is 28.2. The van der Waals surface area contributed by atoms with Crippen LogP contribution in [0.15, 0.2) is 45.9 Å². The Morgan fingerprint density at radius 2 is 1.90 bits per heavy atom. The standard InChI is InChI=1S/C14H16BrN3O2S/c1-9(2)18-21(19,20)13-6-4-3-5-11(13)12-7-10(15)8-17-14(12)16/h3-9,18H,1-2H3,(H2,16,17). The van der Waals surface area contributed by atoms with Gasteiger partial charge in [-0.3, -0.25) is 0 Å². The van der Waals surface area contributed by atoms with Gasteiger partial charge in [-0.05, 0) is 41.9 Å². The molecule has 7 heteroatoms. The molecule has 0 spiro atoms. The van der Waals surface area contributed by atoms with Crippen LogP contribution in [0.1, 0.15) is 13.8 Å². The van der Waals surface area contributed by atoms with Crippen LogP contribution in [0, 0.1) is 0 Å². The van der Waals surface area contributed by atoms with Crippen LogP contribution >= 0.6 is 15.9 Å². The fourth-order valence-electron chi connectivity index (χ4n) is 1.96. The lowest BCUT2D eigenvalue weighted by molar-refractivity contribution is 0.570. The normalized spacial score (nSPS) is 11.8. The van der Waals surface area contributed by atoms with E-state index in [9.17, 15) is 8.42 Å². The van der Waals surface area contributed by atoms with Gasteiger partial charge in [0.25, 0.3) is 0 Å². The lowest BCUT2D eigenvalue weighted by Gasteiger charge is -2.14. The van der Waals surface area contributed by atoms with Crippen molar-refractivity contribution in [1.29, 1.82) is 0 Å². The molecule has 21 heavy (non-hydrogen) atoms. The van der Waals surface area contributed by atoms with Gasteiger partial charge in [0.05, 0.1) is 4.90 Å². The fraction of sp³-hybridized carbons (Fsp3) is 0.214. The van der Waals surface area contributed by atoms with E-state index in [0.717, 1.165) is 4.47 Å². The van der Waals surface area contributed by atoms with Crippen LogP contribution in [-0.4, -0.2) is 19.4 Å². The summed E-state index contributed by atoms with van der Waals surface area (Å²) in [5, 5.41) is 0. The van der Waals surface area contributed by atoms with Gasteiger partial charge < -0.3 is 5.73 Å². The second-order valence-electron chi connectivity index (χ2n) is 4.86. The van der Waals surface area contributed by atoms with Crippen LogP contribution in [0.25, 0.3) is 11.1 Å². The first-order valence-corrected chi connectivity index (χ1v) is 8.61. The van der Waals surface area contributed by atoms with Crippen LogP contribution in [-0.2, 0) is 10.0 Å². The molecular weight excluding hydrogens is 354 g/mol. The highest BCUT2D eigenvalue weighted by atomic mass is 79.9. The molecule has 0 aliphatic carbocycles. The molecule has 5 nitrogen and oxygen atoms in total. The van der Waals surface area contributed by atoms with Gasteiger partial charge in [-0.15, -0.1) is 0 Å². The number of sulfonamides is 1. The molecule has 0 fully saturated rings.